The van der Waals surface area contributed by atoms with E-state index in [1.165, 1.54) is 0 Å². The minimum atomic E-state index is -0.928. The van der Waals surface area contributed by atoms with Crippen molar-refractivity contribution in [1.82, 2.24) is 4.98 Å². The van der Waals surface area contributed by atoms with Crippen LogP contribution >= 0.6 is 11.8 Å². The maximum atomic E-state index is 11.3. The van der Waals surface area contributed by atoms with E-state index < -0.39 is 5.97 Å². The molecule has 106 valence electrons. The molecule has 0 fully saturated rings. The number of carbonyl (C=O) groups is 1. The summed E-state index contributed by atoms with van der Waals surface area (Å²) in [5, 5.41) is 12.6. The lowest BCUT2D eigenvalue weighted by Gasteiger charge is -2.18. The average Bonchev–Trinajstić information content (AvgIpc) is 2.27. The molecule has 19 heavy (non-hydrogen) atoms. The zero-order valence-corrected chi connectivity index (χ0v) is 12.8. The molecule has 1 heterocycles. The molecule has 4 nitrogen and oxygen atoms in total. The van der Waals surface area contributed by atoms with Crippen LogP contribution in [-0.4, -0.2) is 33.6 Å². The number of aromatic nitrogens is 1. The van der Waals surface area contributed by atoms with Crippen LogP contribution in [0, 0.1) is 13.8 Å². The van der Waals surface area contributed by atoms with E-state index in [9.17, 15) is 9.90 Å². The molecule has 0 aliphatic heterocycles. The Morgan fingerprint density at radius 3 is 2.79 bits per heavy atom. The van der Waals surface area contributed by atoms with Crippen molar-refractivity contribution >= 4 is 23.4 Å². The first kappa shape index (κ1) is 15.8. The molecule has 1 aromatic rings. The van der Waals surface area contributed by atoms with Gasteiger partial charge in [-0.1, -0.05) is 6.92 Å². The molecule has 1 aromatic heterocycles. The SMILES string of the molecule is CCSCCC(C)Nc1cc(C)nc(C)c1C(=O)O. The van der Waals surface area contributed by atoms with Gasteiger partial charge in [0.2, 0.25) is 0 Å². The van der Waals surface area contributed by atoms with Crippen molar-refractivity contribution in [2.75, 3.05) is 16.8 Å². The Bertz CT molecular complexity index is 449. The van der Waals surface area contributed by atoms with Crippen LogP contribution in [0.2, 0.25) is 0 Å². The number of carboxylic acid groups (broad SMARTS) is 1. The van der Waals surface area contributed by atoms with Gasteiger partial charge in [0, 0.05) is 11.7 Å². The smallest absolute Gasteiger partial charge is 0.339 e. The third kappa shape index (κ3) is 4.74. The van der Waals surface area contributed by atoms with Gasteiger partial charge >= 0.3 is 5.97 Å². The van der Waals surface area contributed by atoms with Gasteiger partial charge in [-0.15, -0.1) is 0 Å². The molecule has 2 N–H and O–H groups in total. The fraction of sp³-hybridized carbons (Fsp3) is 0.571. The van der Waals surface area contributed by atoms with Gasteiger partial charge in [-0.25, -0.2) is 4.79 Å². The number of carboxylic acids is 1. The maximum absolute atomic E-state index is 11.3. The average molecular weight is 282 g/mol. The highest BCUT2D eigenvalue weighted by Crippen LogP contribution is 2.21. The van der Waals surface area contributed by atoms with Crippen LogP contribution in [0.5, 0.6) is 0 Å². The Kier molecular flexibility index (Phi) is 6.15. The molecule has 0 bridgehead atoms. The predicted octanol–water partition coefficient (Wildman–Crippen LogP) is 3.34. The topological polar surface area (TPSA) is 62.2 Å². The predicted molar refractivity (Wildman–Crippen MR) is 81.4 cm³/mol. The minimum Gasteiger partial charge on any atom is -0.478 e. The Morgan fingerprint density at radius 1 is 1.53 bits per heavy atom. The van der Waals surface area contributed by atoms with Crippen LogP contribution in [0.4, 0.5) is 5.69 Å². The van der Waals surface area contributed by atoms with E-state index in [0.717, 1.165) is 23.6 Å². The van der Waals surface area contributed by atoms with Gasteiger partial charge in [0.25, 0.3) is 0 Å². The molecule has 5 heteroatoms. The van der Waals surface area contributed by atoms with E-state index in [0.29, 0.717) is 11.4 Å². The highest BCUT2D eigenvalue weighted by Gasteiger charge is 2.16. The summed E-state index contributed by atoms with van der Waals surface area (Å²) in [4.78, 5) is 15.5. The van der Waals surface area contributed by atoms with Crippen molar-refractivity contribution in [3.63, 3.8) is 0 Å². The molecule has 0 aromatic carbocycles. The summed E-state index contributed by atoms with van der Waals surface area (Å²) in [7, 11) is 0. The van der Waals surface area contributed by atoms with Crippen molar-refractivity contribution < 1.29 is 9.90 Å². The molecule has 1 unspecified atom stereocenters. The van der Waals surface area contributed by atoms with Crippen LogP contribution in [0.1, 0.15) is 42.0 Å². The second-order valence-corrected chi connectivity index (χ2v) is 6.00. The third-order valence-electron chi connectivity index (χ3n) is 2.84. The molecular weight excluding hydrogens is 260 g/mol. The molecule has 0 radical (unpaired) electrons. The summed E-state index contributed by atoms with van der Waals surface area (Å²) >= 11 is 1.90. The zero-order chi connectivity index (χ0) is 14.4. The number of hydrogen-bond donors (Lipinski definition) is 2. The highest BCUT2D eigenvalue weighted by molar-refractivity contribution is 7.99. The van der Waals surface area contributed by atoms with E-state index in [-0.39, 0.29) is 11.6 Å². The summed E-state index contributed by atoms with van der Waals surface area (Å²) in [6, 6.07) is 2.05. The zero-order valence-electron chi connectivity index (χ0n) is 12.0. The lowest BCUT2D eigenvalue weighted by Crippen LogP contribution is -2.19. The third-order valence-corrected chi connectivity index (χ3v) is 3.78. The van der Waals surface area contributed by atoms with Gasteiger partial charge in [-0.05, 0) is 44.8 Å². The second kappa shape index (κ2) is 7.38. The normalized spacial score (nSPS) is 12.2. The van der Waals surface area contributed by atoms with E-state index >= 15 is 0 Å². The highest BCUT2D eigenvalue weighted by atomic mass is 32.2. The molecule has 0 aliphatic rings. The van der Waals surface area contributed by atoms with Crippen molar-refractivity contribution in [2.24, 2.45) is 0 Å². The first-order chi connectivity index (χ1) is 8.95. The number of nitrogens with zero attached hydrogens (tertiary/aromatic N) is 1. The molecule has 1 rings (SSSR count). The van der Waals surface area contributed by atoms with Crippen molar-refractivity contribution in [3.8, 4) is 0 Å². The number of thioether (sulfide) groups is 1. The summed E-state index contributed by atoms with van der Waals surface area (Å²) in [6.45, 7) is 7.83. The maximum Gasteiger partial charge on any atom is 0.339 e. The van der Waals surface area contributed by atoms with Gasteiger partial charge in [0.1, 0.15) is 5.56 Å². The van der Waals surface area contributed by atoms with E-state index in [1.807, 2.05) is 18.7 Å². The van der Waals surface area contributed by atoms with Crippen LogP contribution in [0.25, 0.3) is 0 Å². The van der Waals surface area contributed by atoms with E-state index in [1.54, 1.807) is 13.0 Å². The number of anilines is 1. The first-order valence-corrected chi connectivity index (χ1v) is 7.67. The molecule has 1 atom stereocenters. The quantitative estimate of drug-likeness (QED) is 0.751. The summed E-state index contributed by atoms with van der Waals surface area (Å²) in [5.41, 5.74) is 2.34. The summed E-state index contributed by atoms with van der Waals surface area (Å²) in [6.07, 6.45) is 1.01. The van der Waals surface area contributed by atoms with Gasteiger partial charge in [-0.3, -0.25) is 4.98 Å². The van der Waals surface area contributed by atoms with E-state index in [2.05, 4.69) is 24.1 Å². The summed E-state index contributed by atoms with van der Waals surface area (Å²) in [5.74, 6) is 1.26. The summed E-state index contributed by atoms with van der Waals surface area (Å²) < 4.78 is 0. The Morgan fingerprint density at radius 2 is 2.21 bits per heavy atom. The number of aromatic carboxylic acids is 1. The number of aryl methyl sites for hydroxylation is 2. The Labute approximate surface area is 119 Å². The number of pyridine rings is 1. The van der Waals surface area contributed by atoms with Crippen molar-refractivity contribution in [2.45, 2.75) is 40.2 Å². The molecule has 0 saturated heterocycles. The number of rotatable bonds is 7. The molecule has 0 spiro atoms. The van der Waals surface area contributed by atoms with Gasteiger partial charge in [0.15, 0.2) is 0 Å². The monoisotopic (exact) mass is 282 g/mol. The molecular formula is C14H22N2O2S. The standard InChI is InChI=1S/C14H22N2O2S/c1-5-19-7-6-9(2)16-12-8-10(3)15-11(4)13(12)14(17)18/h8-9H,5-7H2,1-4H3,(H,15,16)(H,17,18). The van der Waals surface area contributed by atoms with Gasteiger partial charge in [-0.2, -0.15) is 11.8 Å². The van der Waals surface area contributed by atoms with Crippen molar-refractivity contribution in [1.29, 1.82) is 0 Å². The first-order valence-electron chi connectivity index (χ1n) is 6.51. The number of hydrogen-bond acceptors (Lipinski definition) is 4. The lowest BCUT2D eigenvalue weighted by molar-refractivity contribution is 0.0696. The number of nitrogens with one attached hydrogen (secondary N) is 1. The molecule has 0 aliphatic carbocycles. The second-order valence-electron chi connectivity index (χ2n) is 4.61. The minimum absolute atomic E-state index is 0.248. The van der Waals surface area contributed by atoms with Crippen LogP contribution in [0.3, 0.4) is 0 Å². The van der Waals surface area contributed by atoms with Gasteiger partial charge in [0.05, 0.1) is 11.4 Å². The molecule has 0 saturated carbocycles. The van der Waals surface area contributed by atoms with E-state index in [4.69, 9.17) is 0 Å². The lowest BCUT2D eigenvalue weighted by atomic mass is 10.1. The van der Waals surface area contributed by atoms with Crippen LogP contribution in [0.15, 0.2) is 6.07 Å². The van der Waals surface area contributed by atoms with Crippen LogP contribution in [-0.2, 0) is 0 Å². The Balaban J connectivity index is 2.84. The molecule has 0 amide bonds. The van der Waals surface area contributed by atoms with Crippen molar-refractivity contribution in [3.05, 3.63) is 23.0 Å². The Hall–Kier alpha value is -1.23. The van der Waals surface area contributed by atoms with Crippen LogP contribution < -0.4 is 5.32 Å². The fourth-order valence-electron chi connectivity index (χ4n) is 1.95. The largest absolute Gasteiger partial charge is 0.478 e. The van der Waals surface area contributed by atoms with Gasteiger partial charge < -0.3 is 10.4 Å². The fourth-order valence-corrected chi connectivity index (χ4v) is 2.76.